The Kier molecular flexibility index (Phi) is 6.40. The topological polar surface area (TPSA) is 35.5 Å². The summed E-state index contributed by atoms with van der Waals surface area (Å²) in [5, 5.41) is 15.8. The van der Waals surface area contributed by atoms with Crippen LogP contribution in [-0.4, -0.2) is 42.2 Å². The Balaban J connectivity index is 1.41. The van der Waals surface area contributed by atoms with Crippen molar-refractivity contribution in [3.8, 4) is 11.1 Å². The lowest BCUT2D eigenvalue weighted by Crippen LogP contribution is -2.49. The zero-order chi connectivity index (χ0) is 21.8. The summed E-state index contributed by atoms with van der Waals surface area (Å²) >= 11 is 0. The van der Waals surface area contributed by atoms with Crippen molar-refractivity contribution >= 4 is 0 Å². The second-order valence-electron chi connectivity index (χ2n) is 9.37. The fraction of sp³-hybridized carbons (Fsp3) is 0.379. The molecule has 2 heterocycles. The average Bonchev–Trinajstić information content (AvgIpc) is 2.90. The number of nitrogens with zero attached hydrogens (tertiary/aromatic N) is 1. The molecule has 0 spiro atoms. The van der Waals surface area contributed by atoms with E-state index in [9.17, 15) is 5.11 Å². The fourth-order valence-electron chi connectivity index (χ4n) is 5.73. The van der Waals surface area contributed by atoms with Crippen molar-refractivity contribution in [1.82, 2.24) is 10.2 Å². The highest BCUT2D eigenvalue weighted by Crippen LogP contribution is 2.43. The van der Waals surface area contributed by atoms with Gasteiger partial charge in [0.2, 0.25) is 0 Å². The van der Waals surface area contributed by atoms with Gasteiger partial charge in [0.15, 0.2) is 0 Å². The van der Waals surface area contributed by atoms with Gasteiger partial charge in [-0.05, 0) is 80.0 Å². The van der Waals surface area contributed by atoms with E-state index in [-0.39, 0.29) is 5.92 Å². The lowest BCUT2D eigenvalue weighted by Gasteiger charge is -2.45. The lowest BCUT2D eigenvalue weighted by atomic mass is 9.71. The Bertz CT molecular complexity index is 975. The molecule has 1 atom stereocenters. The van der Waals surface area contributed by atoms with E-state index in [1.54, 1.807) is 0 Å². The Hall–Kier alpha value is -2.46. The molecule has 5 rings (SSSR count). The second-order valence-corrected chi connectivity index (χ2v) is 9.37. The minimum atomic E-state index is -0.962. The van der Waals surface area contributed by atoms with Crippen LogP contribution in [0.1, 0.15) is 36.8 Å². The molecule has 3 heteroatoms. The van der Waals surface area contributed by atoms with Crippen molar-refractivity contribution in [1.29, 1.82) is 0 Å². The normalized spacial score (nSPS) is 20.7. The second kappa shape index (κ2) is 9.58. The zero-order valence-electron chi connectivity index (χ0n) is 18.8. The molecule has 3 aromatic rings. The van der Waals surface area contributed by atoms with Gasteiger partial charge in [0.05, 0.1) is 0 Å². The molecule has 1 unspecified atom stereocenters. The summed E-state index contributed by atoms with van der Waals surface area (Å²) in [7, 11) is 0. The molecule has 0 aliphatic carbocycles. The van der Waals surface area contributed by atoms with Gasteiger partial charge in [-0.2, -0.15) is 0 Å². The first-order chi connectivity index (χ1) is 15.7. The Morgan fingerprint density at radius 2 is 1.19 bits per heavy atom. The van der Waals surface area contributed by atoms with Crippen LogP contribution in [0.15, 0.2) is 84.9 Å². The molecule has 2 aliphatic rings. The maximum Gasteiger partial charge on any atom is 0.117 e. The van der Waals surface area contributed by atoms with E-state index < -0.39 is 5.60 Å². The highest BCUT2D eigenvalue weighted by Gasteiger charge is 2.42. The van der Waals surface area contributed by atoms with E-state index in [2.05, 4.69) is 70.9 Å². The van der Waals surface area contributed by atoms with Crippen LogP contribution >= 0.6 is 0 Å². The van der Waals surface area contributed by atoms with Crippen molar-refractivity contribution in [2.75, 3.05) is 26.2 Å². The molecule has 0 saturated carbocycles. The van der Waals surface area contributed by atoms with Gasteiger partial charge >= 0.3 is 0 Å². The van der Waals surface area contributed by atoms with Crippen LogP contribution in [0.2, 0.25) is 0 Å². The summed E-state index contributed by atoms with van der Waals surface area (Å²) in [6.45, 7) is 4.41. The molecule has 32 heavy (non-hydrogen) atoms. The summed E-state index contributed by atoms with van der Waals surface area (Å²) in [4.78, 5) is 2.67. The minimum absolute atomic E-state index is 0.213. The predicted octanol–water partition coefficient (Wildman–Crippen LogP) is 5.05. The number of benzene rings is 3. The maximum atomic E-state index is 12.3. The summed E-state index contributed by atoms with van der Waals surface area (Å²) in [5.41, 5.74) is 3.44. The number of piperidine rings is 2. The van der Waals surface area contributed by atoms with Gasteiger partial charge in [-0.15, -0.1) is 0 Å². The molecule has 0 radical (unpaired) electrons. The van der Waals surface area contributed by atoms with Crippen LogP contribution in [0.5, 0.6) is 0 Å². The van der Waals surface area contributed by atoms with E-state index in [4.69, 9.17) is 0 Å². The molecule has 2 saturated heterocycles. The van der Waals surface area contributed by atoms with Crippen LogP contribution in [0.25, 0.3) is 11.1 Å². The van der Waals surface area contributed by atoms with Gasteiger partial charge in [-0.25, -0.2) is 0 Å². The first kappa shape index (κ1) is 21.4. The number of likely N-dealkylation sites (tertiary alicyclic amines) is 1. The lowest BCUT2D eigenvalue weighted by molar-refractivity contribution is -0.0224. The number of hydrogen-bond acceptors (Lipinski definition) is 3. The zero-order valence-corrected chi connectivity index (χ0v) is 18.8. The molecule has 2 fully saturated rings. The summed E-state index contributed by atoms with van der Waals surface area (Å²) in [5.74, 6) is 0.213. The molecule has 0 aromatic heterocycles. The fourth-order valence-corrected chi connectivity index (χ4v) is 5.73. The van der Waals surface area contributed by atoms with Gasteiger partial charge in [-0.3, -0.25) is 0 Å². The smallest absolute Gasteiger partial charge is 0.117 e. The number of hydrogen-bond donors (Lipinski definition) is 2. The van der Waals surface area contributed by atoms with Gasteiger partial charge in [0.1, 0.15) is 5.60 Å². The standard InChI is InChI=1S/C29H34N2O/c32-29(25-9-5-2-6-10-25,26-13-11-24(12-14-26)23-7-3-1-4-8-23)27-17-21-31(22-18-27)28-15-19-30-20-16-28/h1-14,27-28,30,32H,15-22H2. The van der Waals surface area contributed by atoms with Crippen LogP contribution in [0, 0.1) is 5.92 Å². The van der Waals surface area contributed by atoms with Crippen LogP contribution in [0.4, 0.5) is 0 Å². The number of rotatable bonds is 5. The predicted molar refractivity (Wildman–Crippen MR) is 132 cm³/mol. The Labute approximate surface area is 192 Å². The van der Waals surface area contributed by atoms with Gasteiger partial charge < -0.3 is 15.3 Å². The summed E-state index contributed by atoms with van der Waals surface area (Å²) in [6, 6.07) is 30.0. The highest BCUT2D eigenvalue weighted by atomic mass is 16.3. The van der Waals surface area contributed by atoms with E-state index in [0.29, 0.717) is 6.04 Å². The molecule has 2 N–H and O–H groups in total. The summed E-state index contributed by atoms with van der Waals surface area (Å²) < 4.78 is 0. The minimum Gasteiger partial charge on any atom is -0.380 e. The van der Waals surface area contributed by atoms with Gasteiger partial charge in [0, 0.05) is 6.04 Å². The largest absolute Gasteiger partial charge is 0.380 e. The molecule has 0 bridgehead atoms. The van der Waals surface area contributed by atoms with Crippen molar-refractivity contribution in [3.05, 3.63) is 96.1 Å². The van der Waals surface area contributed by atoms with Gasteiger partial charge in [-0.1, -0.05) is 84.9 Å². The van der Waals surface area contributed by atoms with E-state index in [0.717, 1.165) is 50.1 Å². The van der Waals surface area contributed by atoms with Crippen molar-refractivity contribution in [2.24, 2.45) is 5.92 Å². The van der Waals surface area contributed by atoms with Crippen LogP contribution < -0.4 is 5.32 Å². The van der Waals surface area contributed by atoms with Crippen LogP contribution in [-0.2, 0) is 5.60 Å². The first-order valence-electron chi connectivity index (χ1n) is 12.1. The van der Waals surface area contributed by atoms with E-state index >= 15 is 0 Å². The average molecular weight is 427 g/mol. The quantitative estimate of drug-likeness (QED) is 0.599. The summed E-state index contributed by atoms with van der Waals surface area (Å²) in [6.07, 6.45) is 4.54. The van der Waals surface area contributed by atoms with Crippen LogP contribution in [0.3, 0.4) is 0 Å². The van der Waals surface area contributed by atoms with Crippen molar-refractivity contribution in [3.63, 3.8) is 0 Å². The Morgan fingerprint density at radius 3 is 1.81 bits per heavy atom. The maximum absolute atomic E-state index is 12.3. The Morgan fingerprint density at radius 1 is 0.656 bits per heavy atom. The SMILES string of the molecule is OC(c1ccccc1)(c1ccc(-c2ccccc2)cc1)C1CCN(C2CCNCC2)CC1. The highest BCUT2D eigenvalue weighted by molar-refractivity contribution is 5.64. The molecule has 0 amide bonds. The van der Waals surface area contributed by atoms with Crippen molar-refractivity contribution in [2.45, 2.75) is 37.3 Å². The molecular formula is C29H34N2O. The van der Waals surface area contributed by atoms with E-state index in [1.807, 2.05) is 24.3 Å². The molecule has 3 aromatic carbocycles. The van der Waals surface area contributed by atoms with E-state index in [1.165, 1.54) is 24.0 Å². The molecule has 2 aliphatic heterocycles. The first-order valence-corrected chi connectivity index (χ1v) is 12.1. The van der Waals surface area contributed by atoms with Gasteiger partial charge in [0.25, 0.3) is 0 Å². The number of nitrogens with one attached hydrogen (secondary N) is 1. The third-order valence-corrected chi connectivity index (χ3v) is 7.59. The molecular weight excluding hydrogens is 392 g/mol. The third-order valence-electron chi connectivity index (χ3n) is 7.59. The third kappa shape index (κ3) is 4.25. The molecule has 166 valence electrons. The molecule has 3 nitrogen and oxygen atoms in total. The number of aliphatic hydroxyl groups is 1. The monoisotopic (exact) mass is 426 g/mol. The van der Waals surface area contributed by atoms with Crippen molar-refractivity contribution < 1.29 is 5.11 Å².